The lowest BCUT2D eigenvalue weighted by Crippen LogP contribution is -2.72. The molecule has 1 rings (SSSR count). The monoisotopic (exact) mass is 514 g/mol. The molecule has 1 fully saturated rings. The molecule has 0 amide bonds. The zero-order chi connectivity index (χ0) is 25.2. The number of aliphatic hydroxyl groups excluding tert-OH is 4. The van der Waals surface area contributed by atoms with Gasteiger partial charge in [-0.1, -0.05) is 0 Å². The first kappa shape index (κ1) is 28.2. The number of hydrogen-bond acceptors (Lipinski definition) is 6. The van der Waals surface area contributed by atoms with Gasteiger partial charge in [-0.2, -0.15) is 52.7 Å². The highest BCUT2D eigenvalue weighted by molar-refractivity contribution is 6.22. The molecule has 19 heteroatoms. The minimum absolute atomic E-state index is 1.78. The van der Waals surface area contributed by atoms with Crippen molar-refractivity contribution in [3.63, 3.8) is 0 Å². The van der Waals surface area contributed by atoms with E-state index >= 15 is 0 Å². The molecule has 1 heterocycles. The van der Waals surface area contributed by atoms with Crippen LogP contribution in [0.3, 0.4) is 0 Å². The van der Waals surface area contributed by atoms with Crippen LogP contribution in [0.5, 0.6) is 0 Å². The molecule has 0 aromatic heterocycles. The van der Waals surface area contributed by atoms with Gasteiger partial charge in [-0.05, 0) is 11.6 Å². The summed E-state index contributed by atoms with van der Waals surface area (Å²) in [6.45, 7) is -1.78. The number of alkyl halides is 13. The summed E-state index contributed by atoms with van der Waals surface area (Å²) < 4.78 is 164. The number of rotatable bonds is 8. The predicted molar refractivity (Wildman–Crippen MR) is 70.5 cm³/mol. The zero-order valence-electron chi connectivity index (χ0n) is 14.1. The maximum absolute atomic E-state index is 13.9. The van der Waals surface area contributed by atoms with Gasteiger partial charge in [0.1, 0.15) is 18.3 Å². The quantitative estimate of drug-likeness (QED) is 0.246. The molecule has 6 nitrogen and oxygen atoms in total. The largest absolute Gasteiger partial charge is 0.393 e. The lowest BCUT2D eigenvalue weighted by molar-refractivity contribution is -0.427. The van der Waals surface area contributed by atoms with Crippen LogP contribution in [-0.2, 0) is 4.74 Å². The third-order valence-corrected chi connectivity index (χ3v) is 4.57. The topological polar surface area (TPSA) is 110 Å². The first-order chi connectivity index (χ1) is 13.4. The number of aliphatic hydroxyl groups is 5. The smallest absolute Gasteiger partial charge is 0.391 e. The Bertz CT molecular complexity index is 673. The van der Waals surface area contributed by atoms with Crippen molar-refractivity contribution in [3.05, 3.63) is 0 Å². The molecule has 5 atom stereocenters. The van der Waals surface area contributed by atoms with Crippen molar-refractivity contribution in [2.24, 2.45) is 0 Å². The number of halogens is 13. The van der Waals surface area contributed by atoms with Gasteiger partial charge < -0.3 is 30.3 Å². The summed E-state index contributed by atoms with van der Waals surface area (Å²) in [4.78, 5) is 0. The molecular weight excluding hydrogens is 504 g/mol. The summed E-state index contributed by atoms with van der Waals surface area (Å²) in [7, 11) is 0. The summed E-state index contributed by atoms with van der Waals surface area (Å²) in [5.41, 5.74) is 0. The lowest BCUT2D eigenvalue weighted by Gasteiger charge is -2.42. The van der Waals surface area contributed by atoms with Gasteiger partial charge in [0.25, 0.3) is 0 Å². The maximum Gasteiger partial charge on any atom is 0.393 e. The first-order valence-electron chi connectivity index (χ1n) is 7.39. The van der Waals surface area contributed by atoms with Gasteiger partial charge in [-0.25, -0.2) is 0 Å². The van der Waals surface area contributed by atoms with Crippen molar-refractivity contribution in [3.8, 4) is 0 Å². The van der Waals surface area contributed by atoms with Crippen LogP contribution in [0.25, 0.3) is 0 Å². The first-order valence-corrected chi connectivity index (χ1v) is 7.77. The van der Waals surface area contributed by atoms with Crippen molar-refractivity contribution in [2.45, 2.75) is 65.2 Å². The molecule has 0 aromatic rings. The second kappa shape index (κ2) is 7.63. The fourth-order valence-corrected chi connectivity index (χ4v) is 2.50. The van der Waals surface area contributed by atoms with Gasteiger partial charge in [0.15, 0.2) is 6.10 Å². The number of ether oxygens (including phenoxy) is 1. The molecule has 0 bridgehead atoms. The van der Waals surface area contributed by atoms with Crippen LogP contribution in [0, 0.1) is 0 Å². The fourth-order valence-electron chi connectivity index (χ4n) is 2.38. The molecule has 31 heavy (non-hydrogen) atoms. The molecule has 0 saturated carbocycles. The zero-order valence-corrected chi connectivity index (χ0v) is 14.8. The van der Waals surface area contributed by atoms with Crippen LogP contribution < -0.4 is 0 Å². The Balaban J connectivity index is 3.47. The average molecular weight is 515 g/mol. The van der Waals surface area contributed by atoms with Crippen molar-refractivity contribution in [1.82, 2.24) is 0 Å². The third kappa shape index (κ3) is 3.72. The van der Waals surface area contributed by atoms with E-state index in [0.717, 1.165) is 0 Å². The van der Waals surface area contributed by atoms with E-state index in [9.17, 15) is 73.1 Å². The molecule has 0 aliphatic carbocycles. The van der Waals surface area contributed by atoms with E-state index in [1.54, 1.807) is 0 Å². The van der Waals surface area contributed by atoms with E-state index in [0.29, 0.717) is 0 Å². The Morgan fingerprint density at radius 2 is 1.19 bits per heavy atom. The van der Waals surface area contributed by atoms with E-state index in [1.165, 1.54) is 0 Å². The summed E-state index contributed by atoms with van der Waals surface area (Å²) in [6.07, 6.45) is -13.9. The third-order valence-electron chi connectivity index (χ3n) is 4.33. The van der Waals surface area contributed by atoms with Crippen LogP contribution in [0.15, 0.2) is 0 Å². The van der Waals surface area contributed by atoms with Crippen LogP contribution in [0.1, 0.15) is 0 Å². The van der Waals surface area contributed by atoms with Crippen LogP contribution in [0.2, 0.25) is 0 Å². The van der Waals surface area contributed by atoms with Crippen molar-refractivity contribution < 1.29 is 83.0 Å². The second-order valence-electron chi connectivity index (χ2n) is 6.38. The standard InChI is InChI=1S/C12H11ClF12O6/c13-12(24,25)11(22,23)10(20,21)9(18,19)8(16,17)7(14,15)5(29)3-2(27)4(28)6(30,1-26)31-3/h2-5,26-30H,1H2/t2-,3+,4+,5-,6-/m1/s1. The Morgan fingerprint density at radius 1 is 0.806 bits per heavy atom. The molecule has 1 aliphatic heterocycles. The molecule has 0 unspecified atom stereocenters. The molecule has 1 saturated heterocycles. The van der Waals surface area contributed by atoms with Gasteiger partial charge >= 0.3 is 35.0 Å². The van der Waals surface area contributed by atoms with Crippen molar-refractivity contribution >= 4 is 11.6 Å². The van der Waals surface area contributed by atoms with Crippen molar-refractivity contribution in [2.75, 3.05) is 6.61 Å². The normalized spacial score (nSPS) is 30.6. The molecule has 5 N–H and O–H groups in total. The summed E-state index contributed by atoms with van der Waals surface area (Å²) in [5, 5.41) is 39.4. The van der Waals surface area contributed by atoms with Gasteiger partial charge in [0.2, 0.25) is 5.79 Å². The molecule has 186 valence electrons. The van der Waals surface area contributed by atoms with Crippen LogP contribution >= 0.6 is 11.6 Å². The number of hydrogen-bond donors (Lipinski definition) is 5. The highest BCUT2D eigenvalue weighted by Gasteiger charge is 2.91. The Kier molecular flexibility index (Phi) is 6.95. The van der Waals surface area contributed by atoms with Gasteiger partial charge in [-0.3, -0.25) is 0 Å². The fraction of sp³-hybridized carbons (Fsp3) is 1.00. The van der Waals surface area contributed by atoms with E-state index in [4.69, 9.17) is 5.11 Å². The summed E-state index contributed by atoms with van der Waals surface area (Å²) in [6, 6.07) is 0. The maximum atomic E-state index is 13.9. The SMILES string of the molecule is OC[C@@]1(O)O[C@H]([C@@H](O)C(F)(F)C(F)(F)C(F)(F)C(F)(F)C(F)(F)C(F)(F)Cl)[C@@H](O)[C@@H]1O. The van der Waals surface area contributed by atoms with E-state index in [2.05, 4.69) is 16.3 Å². The average Bonchev–Trinajstić information content (AvgIpc) is 2.84. The van der Waals surface area contributed by atoms with Crippen LogP contribution in [-0.4, -0.2) is 97.3 Å². The highest BCUT2D eigenvalue weighted by Crippen LogP contribution is 2.61. The minimum atomic E-state index is -8.04. The Labute approximate surface area is 167 Å². The van der Waals surface area contributed by atoms with E-state index in [1.807, 2.05) is 0 Å². The molecule has 0 radical (unpaired) electrons. The molecule has 1 aliphatic rings. The molecule has 0 aromatic carbocycles. The lowest BCUT2D eigenvalue weighted by atomic mass is 9.88. The second-order valence-corrected chi connectivity index (χ2v) is 6.86. The molecule has 0 spiro atoms. The predicted octanol–water partition coefficient (Wildman–Crippen LogP) is 1.16. The van der Waals surface area contributed by atoms with Gasteiger partial charge in [0, 0.05) is 0 Å². The highest BCUT2D eigenvalue weighted by atomic mass is 35.5. The minimum Gasteiger partial charge on any atom is -0.391 e. The van der Waals surface area contributed by atoms with E-state index < -0.39 is 71.8 Å². The van der Waals surface area contributed by atoms with Gasteiger partial charge in [-0.15, -0.1) is 0 Å². The van der Waals surface area contributed by atoms with Gasteiger partial charge in [0.05, 0.1) is 6.61 Å². The van der Waals surface area contributed by atoms with Crippen molar-refractivity contribution in [1.29, 1.82) is 0 Å². The van der Waals surface area contributed by atoms with E-state index in [-0.39, 0.29) is 0 Å². The molecular formula is C12H11ClF12O6. The Morgan fingerprint density at radius 3 is 1.52 bits per heavy atom. The Hall–Kier alpha value is -0.790. The summed E-state index contributed by atoms with van der Waals surface area (Å²) >= 11 is 3.52. The summed E-state index contributed by atoms with van der Waals surface area (Å²) in [5.74, 6) is -41.7. The van der Waals surface area contributed by atoms with Crippen LogP contribution in [0.4, 0.5) is 52.7 Å².